The molecule has 0 fully saturated rings. The first kappa shape index (κ1) is 14.1. The van der Waals surface area contributed by atoms with E-state index in [1.807, 2.05) is 12.1 Å². The van der Waals surface area contributed by atoms with Crippen LogP contribution in [-0.2, 0) is 11.2 Å². The van der Waals surface area contributed by atoms with Gasteiger partial charge in [-0.25, -0.2) is 5.43 Å². The SMILES string of the molecule is CC(=NNC(=O)Cc1cc(=O)[nH][nH]1)c1ccc(Cl)cc1. The van der Waals surface area contributed by atoms with Gasteiger partial charge in [-0.1, -0.05) is 23.7 Å². The minimum absolute atomic E-state index is 0.0517. The molecule has 6 nitrogen and oxygen atoms in total. The quantitative estimate of drug-likeness (QED) is 0.588. The van der Waals surface area contributed by atoms with Crippen LogP contribution in [0.3, 0.4) is 0 Å². The van der Waals surface area contributed by atoms with Crippen molar-refractivity contribution < 1.29 is 4.79 Å². The van der Waals surface area contributed by atoms with Crippen LogP contribution in [0, 0.1) is 0 Å². The Bertz CT molecular complexity index is 685. The highest BCUT2D eigenvalue weighted by Crippen LogP contribution is 2.10. The summed E-state index contributed by atoms with van der Waals surface area (Å²) in [6.45, 7) is 1.78. The molecule has 0 saturated carbocycles. The van der Waals surface area contributed by atoms with Gasteiger partial charge in [0.25, 0.3) is 5.56 Å². The summed E-state index contributed by atoms with van der Waals surface area (Å²) in [6.07, 6.45) is 0.0517. The predicted molar refractivity (Wildman–Crippen MR) is 76.9 cm³/mol. The monoisotopic (exact) mass is 292 g/mol. The van der Waals surface area contributed by atoms with E-state index in [1.54, 1.807) is 19.1 Å². The van der Waals surface area contributed by atoms with Crippen molar-refractivity contribution in [3.63, 3.8) is 0 Å². The fraction of sp³-hybridized carbons (Fsp3) is 0.154. The third-order valence-corrected chi connectivity index (χ3v) is 2.86. The van der Waals surface area contributed by atoms with E-state index in [9.17, 15) is 9.59 Å². The molecular formula is C13H13ClN4O2. The Hall–Kier alpha value is -2.34. The van der Waals surface area contributed by atoms with Gasteiger partial charge < -0.3 is 5.10 Å². The van der Waals surface area contributed by atoms with Gasteiger partial charge in [-0.15, -0.1) is 0 Å². The molecule has 0 aliphatic heterocycles. The van der Waals surface area contributed by atoms with Crippen LogP contribution in [0.5, 0.6) is 0 Å². The molecule has 0 saturated heterocycles. The van der Waals surface area contributed by atoms with Gasteiger partial charge in [0.2, 0.25) is 5.91 Å². The Labute approximate surface area is 119 Å². The summed E-state index contributed by atoms with van der Waals surface area (Å²) in [5, 5.41) is 9.60. The Morgan fingerprint density at radius 2 is 2.00 bits per heavy atom. The van der Waals surface area contributed by atoms with Gasteiger partial charge in [-0.3, -0.25) is 14.7 Å². The average molecular weight is 293 g/mol. The standard InChI is InChI=1S/C13H13ClN4O2/c1-8(9-2-4-10(14)5-3-9)15-17-12(19)6-11-7-13(20)18-16-11/h2-5,7H,6H2,1H3,(H,17,19)(H2,16,18,20). The summed E-state index contributed by atoms with van der Waals surface area (Å²) in [7, 11) is 0. The lowest BCUT2D eigenvalue weighted by Gasteiger charge is -2.02. The average Bonchev–Trinajstić information content (AvgIpc) is 2.82. The lowest BCUT2D eigenvalue weighted by atomic mass is 10.1. The number of hydrogen-bond donors (Lipinski definition) is 3. The Morgan fingerprint density at radius 1 is 1.30 bits per heavy atom. The summed E-state index contributed by atoms with van der Waals surface area (Å²) in [4.78, 5) is 22.5. The van der Waals surface area contributed by atoms with Crippen molar-refractivity contribution in [2.24, 2.45) is 5.10 Å². The number of hydrazone groups is 1. The van der Waals surface area contributed by atoms with E-state index < -0.39 is 0 Å². The lowest BCUT2D eigenvalue weighted by molar-refractivity contribution is -0.120. The van der Waals surface area contributed by atoms with Crippen molar-refractivity contribution in [2.45, 2.75) is 13.3 Å². The molecule has 7 heteroatoms. The van der Waals surface area contributed by atoms with E-state index in [2.05, 4.69) is 20.7 Å². The molecule has 1 aromatic carbocycles. The van der Waals surface area contributed by atoms with Crippen molar-refractivity contribution in [3.8, 4) is 0 Å². The van der Waals surface area contributed by atoms with Crippen molar-refractivity contribution in [2.75, 3.05) is 0 Å². The number of aromatic amines is 2. The van der Waals surface area contributed by atoms with Crippen molar-refractivity contribution in [3.05, 3.63) is 57.0 Å². The summed E-state index contributed by atoms with van der Waals surface area (Å²) in [5.41, 5.74) is 4.20. The molecule has 0 aliphatic rings. The largest absolute Gasteiger partial charge is 0.302 e. The predicted octanol–water partition coefficient (Wildman–Crippen LogP) is 1.44. The highest BCUT2D eigenvalue weighted by Gasteiger charge is 2.05. The minimum Gasteiger partial charge on any atom is -0.302 e. The molecule has 1 amide bonds. The molecule has 0 radical (unpaired) electrons. The second kappa shape index (κ2) is 6.21. The van der Waals surface area contributed by atoms with E-state index in [0.717, 1.165) is 5.56 Å². The molecule has 2 aromatic rings. The number of carbonyl (C=O) groups is 1. The molecule has 0 aliphatic carbocycles. The van der Waals surface area contributed by atoms with Gasteiger partial charge in [-0.05, 0) is 24.6 Å². The molecule has 0 unspecified atom stereocenters. The summed E-state index contributed by atoms with van der Waals surface area (Å²) in [6, 6.07) is 8.47. The van der Waals surface area contributed by atoms with Crippen molar-refractivity contribution >= 4 is 23.2 Å². The normalized spacial score (nSPS) is 11.4. The van der Waals surface area contributed by atoms with Gasteiger partial charge >= 0.3 is 0 Å². The lowest BCUT2D eigenvalue weighted by Crippen LogP contribution is -2.21. The number of halogens is 1. The van der Waals surface area contributed by atoms with Crippen LogP contribution >= 0.6 is 11.6 Å². The second-order valence-electron chi connectivity index (χ2n) is 4.20. The maximum Gasteiger partial charge on any atom is 0.264 e. The summed E-state index contributed by atoms with van der Waals surface area (Å²) >= 11 is 5.79. The molecule has 3 N–H and O–H groups in total. The van der Waals surface area contributed by atoms with Gasteiger partial charge in [-0.2, -0.15) is 5.10 Å². The van der Waals surface area contributed by atoms with Gasteiger partial charge in [0, 0.05) is 16.8 Å². The summed E-state index contributed by atoms with van der Waals surface area (Å²) in [5.74, 6) is -0.312. The highest BCUT2D eigenvalue weighted by molar-refractivity contribution is 6.30. The van der Waals surface area contributed by atoms with Crippen LogP contribution in [0.1, 0.15) is 18.2 Å². The van der Waals surface area contributed by atoms with Gasteiger partial charge in [0.1, 0.15) is 0 Å². The fourth-order valence-corrected chi connectivity index (χ4v) is 1.71. The molecule has 1 aromatic heterocycles. The van der Waals surface area contributed by atoms with E-state index in [-0.39, 0.29) is 17.9 Å². The number of H-pyrrole nitrogens is 2. The highest BCUT2D eigenvalue weighted by atomic mass is 35.5. The zero-order chi connectivity index (χ0) is 14.5. The van der Waals surface area contributed by atoms with Crippen LogP contribution < -0.4 is 11.0 Å². The first-order chi connectivity index (χ1) is 9.54. The van der Waals surface area contributed by atoms with Gasteiger partial charge in [0.15, 0.2) is 0 Å². The number of amides is 1. The number of benzene rings is 1. The third-order valence-electron chi connectivity index (χ3n) is 2.61. The van der Waals surface area contributed by atoms with Crippen LogP contribution in [0.15, 0.2) is 40.2 Å². The Balaban J connectivity index is 1.96. The first-order valence-electron chi connectivity index (χ1n) is 5.90. The molecule has 20 heavy (non-hydrogen) atoms. The minimum atomic E-state index is -0.312. The zero-order valence-corrected chi connectivity index (χ0v) is 11.5. The maximum absolute atomic E-state index is 11.6. The van der Waals surface area contributed by atoms with Crippen LogP contribution in [0.25, 0.3) is 0 Å². The first-order valence-corrected chi connectivity index (χ1v) is 6.28. The number of nitrogens with zero attached hydrogens (tertiary/aromatic N) is 1. The van der Waals surface area contributed by atoms with Crippen LogP contribution in [-0.4, -0.2) is 21.8 Å². The Morgan fingerprint density at radius 3 is 2.60 bits per heavy atom. The van der Waals surface area contributed by atoms with Crippen molar-refractivity contribution in [1.29, 1.82) is 0 Å². The summed E-state index contributed by atoms with van der Waals surface area (Å²) < 4.78 is 0. The number of rotatable bonds is 4. The molecule has 0 spiro atoms. The smallest absolute Gasteiger partial charge is 0.264 e. The molecular weight excluding hydrogens is 280 g/mol. The third kappa shape index (κ3) is 3.83. The number of carbonyl (C=O) groups excluding carboxylic acids is 1. The molecule has 2 rings (SSSR count). The second-order valence-corrected chi connectivity index (χ2v) is 4.64. The van der Waals surface area contributed by atoms with E-state index in [1.165, 1.54) is 6.07 Å². The molecule has 104 valence electrons. The topological polar surface area (TPSA) is 90.1 Å². The van der Waals surface area contributed by atoms with Gasteiger partial charge in [0.05, 0.1) is 12.1 Å². The number of aromatic nitrogens is 2. The fourth-order valence-electron chi connectivity index (χ4n) is 1.58. The Kier molecular flexibility index (Phi) is 4.37. The van der Waals surface area contributed by atoms with E-state index >= 15 is 0 Å². The number of nitrogens with one attached hydrogen (secondary N) is 3. The van der Waals surface area contributed by atoms with Crippen LogP contribution in [0.4, 0.5) is 0 Å². The maximum atomic E-state index is 11.6. The van der Waals surface area contributed by atoms with E-state index in [4.69, 9.17) is 11.6 Å². The molecule has 1 heterocycles. The molecule has 0 atom stereocenters. The van der Waals surface area contributed by atoms with Crippen LogP contribution in [0.2, 0.25) is 5.02 Å². The van der Waals surface area contributed by atoms with Crippen molar-refractivity contribution in [1.82, 2.24) is 15.6 Å². The number of hydrogen-bond acceptors (Lipinski definition) is 3. The zero-order valence-electron chi connectivity index (χ0n) is 10.7. The molecule has 0 bridgehead atoms. The van der Waals surface area contributed by atoms with E-state index in [0.29, 0.717) is 16.4 Å².